The molecule has 2 aromatic heterocycles. The van der Waals surface area contributed by atoms with Crippen LogP contribution in [0.25, 0.3) is 11.0 Å². The summed E-state index contributed by atoms with van der Waals surface area (Å²) in [6, 6.07) is 6.25. The number of hydrogen-bond acceptors (Lipinski definition) is 1. The molecule has 15 heavy (non-hydrogen) atoms. The van der Waals surface area contributed by atoms with Gasteiger partial charge in [-0.2, -0.15) is 0 Å². The zero-order chi connectivity index (χ0) is 10.9. The Labute approximate surface area is 90.9 Å². The molecule has 0 amide bonds. The van der Waals surface area contributed by atoms with Crippen LogP contribution >= 0.6 is 0 Å². The number of aromatic nitrogens is 2. The summed E-state index contributed by atoms with van der Waals surface area (Å²) >= 11 is 0. The first-order valence-electron chi connectivity index (χ1n) is 5.64. The third kappa shape index (κ3) is 1.54. The van der Waals surface area contributed by atoms with Crippen molar-refractivity contribution in [1.82, 2.24) is 9.55 Å². The van der Waals surface area contributed by atoms with Crippen LogP contribution in [0.2, 0.25) is 0 Å². The maximum atomic E-state index is 4.47. The molecule has 0 bridgehead atoms. The van der Waals surface area contributed by atoms with Crippen molar-refractivity contribution in [2.24, 2.45) is 0 Å². The van der Waals surface area contributed by atoms with Crippen molar-refractivity contribution in [3.8, 4) is 0 Å². The molecule has 0 unspecified atom stereocenters. The third-order valence-electron chi connectivity index (χ3n) is 3.55. The van der Waals surface area contributed by atoms with Gasteiger partial charge in [0.05, 0.1) is 0 Å². The van der Waals surface area contributed by atoms with Crippen molar-refractivity contribution in [3.63, 3.8) is 0 Å². The van der Waals surface area contributed by atoms with Gasteiger partial charge in [0, 0.05) is 23.3 Å². The Bertz CT molecular complexity index is 452. The van der Waals surface area contributed by atoms with E-state index in [2.05, 4.69) is 48.7 Å². The standard InChI is InChI=1S/C13H18N2/c1-4-13(3,5-2)15-10-8-11-7-6-9-14-12(11)15/h6-10H,4-5H2,1-3H3. The van der Waals surface area contributed by atoms with Crippen LogP contribution in [-0.4, -0.2) is 9.55 Å². The first kappa shape index (κ1) is 10.2. The molecular formula is C13H18N2. The molecule has 0 aliphatic heterocycles. The fraction of sp³-hybridized carbons (Fsp3) is 0.462. The van der Waals surface area contributed by atoms with Crippen LogP contribution in [0.1, 0.15) is 33.6 Å². The Hall–Kier alpha value is -1.31. The van der Waals surface area contributed by atoms with E-state index in [0.717, 1.165) is 18.5 Å². The van der Waals surface area contributed by atoms with E-state index in [9.17, 15) is 0 Å². The minimum absolute atomic E-state index is 0.191. The second-order valence-corrected chi connectivity index (χ2v) is 4.31. The molecule has 0 radical (unpaired) electrons. The van der Waals surface area contributed by atoms with Crippen LogP contribution in [0.5, 0.6) is 0 Å². The molecule has 2 heteroatoms. The van der Waals surface area contributed by atoms with E-state index in [-0.39, 0.29) is 5.54 Å². The Morgan fingerprint density at radius 3 is 2.67 bits per heavy atom. The Balaban J connectivity index is 2.61. The van der Waals surface area contributed by atoms with E-state index < -0.39 is 0 Å². The molecule has 2 rings (SSSR count). The minimum Gasteiger partial charge on any atom is -0.327 e. The molecule has 0 aromatic carbocycles. The van der Waals surface area contributed by atoms with E-state index in [1.807, 2.05) is 12.3 Å². The monoisotopic (exact) mass is 202 g/mol. The number of fused-ring (bicyclic) bond motifs is 1. The van der Waals surface area contributed by atoms with Crippen LogP contribution in [0, 0.1) is 0 Å². The van der Waals surface area contributed by atoms with E-state index >= 15 is 0 Å². The molecule has 2 aromatic rings. The lowest BCUT2D eigenvalue weighted by atomic mass is 9.95. The molecule has 0 aliphatic rings. The maximum Gasteiger partial charge on any atom is 0.140 e. The highest BCUT2D eigenvalue weighted by Crippen LogP contribution is 2.28. The molecule has 0 N–H and O–H groups in total. The molecule has 0 fully saturated rings. The van der Waals surface area contributed by atoms with Crippen LogP contribution in [0.15, 0.2) is 30.6 Å². The number of nitrogens with zero attached hydrogens (tertiary/aromatic N) is 2. The highest BCUT2D eigenvalue weighted by atomic mass is 15.1. The third-order valence-corrected chi connectivity index (χ3v) is 3.55. The van der Waals surface area contributed by atoms with Gasteiger partial charge in [-0.1, -0.05) is 13.8 Å². The van der Waals surface area contributed by atoms with Crippen LogP contribution in [0.4, 0.5) is 0 Å². The molecule has 0 saturated carbocycles. The van der Waals surface area contributed by atoms with Gasteiger partial charge in [0.1, 0.15) is 5.65 Å². The second kappa shape index (κ2) is 3.69. The molecule has 2 nitrogen and oxygen atoms in total. The summed E-state index contributed by atoms with van der Waals surface area (Å²) in [5.41, 5.74) is 1.29. The van der Waals surface area contributed by atoms with Gasteiger partial charge in [-0.05, 0) is 38.0 Å². The van der Waals surface area contributed by atoms with Crippen LogP contribution < -0.4 is 0 Å². The van der Waals surface area contributed by atoms with Crippen LogP contribution in [-0.2, 0) is 5.54 Å². The van der Waals surface area contributed by atoms with Gasteiger partial charge in [-0.3, -0.25) is 0 Å². The van der Waals surface area contributed by atoms with Crippen molar-refractivity contribution in [1.29, 1.82) is 0 Å². The van der Waals surface area contributed by atoms with E-state index in [1.165, 1.54) is 5.39 Å². The summed E-state index contributed by atoms with van der Waals surface area (Å²) in [5, 5.41) is 1.23. The van der Waals surface area contributed by atoms with Gasteiger partial charge in [-0.15, -0.1) is 0 Å². The fourth-order valence-electron chi connectivity index (χ4n) is 1.99. The topological polar surface area (TPSA) is 17.8 Å². The predicted octanol–water partition coefficient (Wildman–Crippen LogP) is 3.57. The summed E-state index contributed by atoms with van der Waals surface area (Å²) in [6.07, 6.45) is 6.28. The Morgan fingerprint density at radius 1 is 1.27 bits per heavy atom. The summed E-state index contributed by atoms with van der Waals surface area (Å²) in [7, 11) is 0. The molecule has 80 valence electrons. The molecule has 0 aliphatic carbocycles. The summed E-state index contributed by atoms with van der Waals surface area (Å²) < 4.78 is 2.31. The van der Waals surface area contributed by atoms with Crippen molar-refractivity contribution in [2.75, 3.05) is 0 Å². The quantitative estimate of drug-likeness (QED) is 0.744. The first-order valence-corrected chi connectivity index (χ1v) is 5.64. The van der Waals surface area contributed by atoms with E-state index in [4.69, 9.17) is 0 Å². The molecule has 0 saturated heterocycles. The lowest BCUT2D eigenvalue weighted by Crippen LogP contribution is -2.27. The Kier molecular flexibility index (Phi) is 2.51. The number of hydrogen-bond donors (Lipinski definition) is 0. The van der Waals surface area contributed by atoms with Gasteiger partial charge in [0.15, 0.2) is 0 Å². The lowest BCUT2D eigenvalue weighted by Gasteiger charge is -2.29. The fourth-order valence-corrected chi connectivity index (χ4v) is 1.99. The summed E-state index contributed by atoms with van der Waals surface area (Å²) in [4.78, 5) is 4.47. The average Bonchev–Trinajstić information content (AvgIpc) is 2.72. The highest BCUT2D eigenvalue weighted by molar-refractivity contribution is 5.76. The SMILES string of the molecule is CCC(C)(CC)n1ccc2cccnc21. The van der Waals surface area contributed by atoms with Gasteiger partial charge in [-0.25, -0.2) is 4.98 Å². The molecule has 2 heterocycles. The Morgan fingerprint density at radius 2 is 2.00 bits per heavy atom. The average molecular weight is 202 g/mol. The molecular weight excluding hydrogens is 184 g/mol. The van der Waals surface area contributed by atoms with E-state index in [1.54, 1.807) is 0 Å². The van der Waals surface area contributed by atoms with Gasteiger partial charge in [0.25, 0.3) is 0 Å². The summed E-state index contributed by atoms with van der Waals surface area (Å²) in [5.74, 6) is 0. The smallest absolute Gasteiger partial charge is 0.140 e. The van der Waals surface area contributed by atoms with E-state index in [0.29, 0.717) is 0 Å². The molecule has 0 atom stereocenters. The molecule has 0 spiro atoms. The summed E-state index contributed by atoms with van der Waals surface area (Å²) in [6.45, 7) is 6.76. The van der Waals surface area contributed by atoms with Crippen molar-refractivity contribution in [2.45, 2.75) is 39.2 Å². The second-order valence-electron chi connectivity index (χ2n) is 4.31. The first-order chi connectivity index (χ1) is 7.21. The zero-order valence-electron chi connectivity index (χ0n) is 9.70. The zero-order valence-corrected chi connectivity index (χ0v) is 9.70. The van der Waals surface area contributed by atoms with Crippen molar-refractivity contribution in [3.05, 3.63) is 30.6 Å². The van der Waals surface area contributed by atoms with Crippen molar-refractivity contribution < 1.29 is 0 Å². The van der Waals surface area contributed by atoms with Crippen LogP contribution in [0.3, 0.4) is 0 Å². The van der Waals surface area contributed by atoms with Crippen molar-refractivity contribution >= 4 is 11.0 Å². The maximum absolute atomic E-state index is 4.47. The normalized spacial score (nSPS) is 12.2. The number of rotatable bonds is 3. The number of pyridine rings is 1. The minimum atomic E-state index is 0.191. The lowest BCUT2D eigenvalue weighted by molar-refractivity contribution is 0.302. The largest absolute Gasteiger partial charge is 0.327 e. The highest BCUT2D eigenvalue weighted by Gasteiger charge is 2.23. The predicted molar refractivity (Wildman–Crippen MR) is 64.0 cm³/mol. The van der Waals surface area contributed by atoms with Gasteiger partial charge >= 0.3 is 0 Å². The van der Waals surface area contributed by atoms with Gasteiger partial charge < -0.3 is 4.57 Å². The van der Waals surface area contributed by atoms with Gasteiger partial charge in [0.2, 0.25) is 0 Å².